The summed E-state index contributed by atoms with van der Waals surface area (Å²) in [7, 11) is 0. The van der Waals surface area contributed by atoms with E-state index in [0.717, 1.165) is 46.5 Å². The molecule has 0 fully saturated rings. The van der Waals surface area contributed by atoms with Crippen LogP contribution in [0.3, 0.4) is 0 Å². The maximum Gasteiger partial charge on any atom is 0.240 e. The molecular formula is C22H29N3O2. The number of carbonyl (C=O) groups excluding carboxylic acids is 2. The van der Waals surface area contributed by atoms with E-state index >= 15 is 0 Å². The number of hydrazone groups is 1. The van der Waals surface area contributed by atoms with Gasteiger partial charge in [-0.3, -0.25) is 9.59 Å². The Labute approximate surface area is 161 Å². The van der Waals surface area contributed by atoms with E-state index in [0.29, 0.717) is 5.92 Å². The number of aryl methyl sites for hydroxylation is 2. The Morgan fingerprint density at radius 1 is 1.19 bits per heavy atom. The number of allylic oxidation sites excluding steroid dienone is 3. The highest BCUT2D eigenvalue weighted by molar-refractivity contribution is 6.01. The van der Waals surface area contributed by atoms with Crippen LogP contribution in [-0.4, -0.2) is 17.5 Å². The molecule has 1 aromatic rings. The van der Waals surface area contributed by atoms with E-state index in [2.05, 4.69) is 28.5 Å². The third kappa shape index (κ3) is 6.20. The minimum Gasteiger partial charge on any atom is -0.326 e. The van der Waals surface area contributed by atoms with Crippen LogP contribution in [0.25, 0.3) is 0 Å². The van der Waals surface area contributed by atoms with Crippen molar-refractivity contribution in [1.29, 1.82) is 0 Å². The lowest BCUT2D eigenvalue weighted by molar-refractivity contribution is -0.124. The van der Waals surface area contributed by atoms with Crippen molar-refractivity contribution < 1.29 is 9.59 Å². The normalized spacial score (nSPS) is 18.0. The fourth-order valence-corrected chi connectivity index (χ4v) is 2.92. The quantitative estimate of drug-likeness (QED) is 0.577. The van der Waals surface area contributed by atoms with Crippen molar-refractivity contribution in [3.05, 3.63) is 53.1 Å². The van der Waals surface area contributed by atoms with Gasteiger partial charge in [-0.05, 0) is 69.2 Å². The van der Waals surface area contributed by atoms with Gasteiger partial charge in [-0.15, -0.1) is 0 Å². The molecule has 1 atom stereocenters. The number of hydrogen-bond donors (Lipinski definition) is 2. The van der Waals surface area contributed by atoms with Gasteiger partial charge in [-0.2, -0.15) is 5.10 Å². The highest BCUT2D eigenvalue weighted by Crippen LogP contribution is 2.26. The van der Waals surface area contributed by atoms with Gasteiger partial charge < -0.3 is 5.32 Å². The van der Waals surface area contributed by atoms with Crippen molar-refractivity contribution in [2.45, 2.75) is 53.4 Å². The van der Waals surface area contributed by atoms with Crippen LogP contribution < -0.4 is 10.7 Å². The molecular weight excluding hydrogens is 338 g/mol. The molecule has 0 heterocycles. The van der Waals surface area contributed by atoms with Crippen molar-refractivity contribution in [3.63, 3.8) is 0 Å². The highest BCUT2D eigenvalue weighted by atomic mass is 16.2. The molecule has 0 aliphatic heterocycles. The van der Waals surface area contributed by atoms with E-state index in [1.807, 2.05) is 45.9 Å². The molecule has 144 valence electrons. The monoisotopic (exact) mass is 367 g/mol. The van der Waals surface area contributed by atoms with E-state index in [9.17, 15) is 9.59 Å². The SMILES string of the molecule is C=C(C)[C@H]1CC=C(C)/C(=N\NC(=O)CCC(=O)Nc2cc(C)ccc2C)C1. The minimum atomic E-state index is -0.260. The van der Waals surface area contributed by atoms with Gasteiger partial charge >= 0.3 is 0 Å². The summed E-state index contributed by atoms with van der Waals surface area (Å²) in [5.74, 6) is -0.0702. The third-order valence-corrected chi connectivity index (χ3v) is 4.86. The Morgan fingerprint density at radius 2 is 1.89 bits per heavy atom. The zero-order chi connectivity index (χ0) is 20.0. The summed E-state index contributed by atoms with van der Waals surface area (Å²) in [4.78, 5) is 24.2. The molecule has 0 radical (unpaired) electrons. The van der Waals surface area contributed by atoms with Gasteiger partial charge in [0.15, 0.2) is 0 Å². The lowest BCUT2D eigenvalue weighted by atomic mass is 9.85. The molecule has 2 N–H and O–H groups in total. The topological polar surface area (TPSA) is 70.6 Å². The second kappa shape index (κ2) is 9.31. The van der Waals surface area contributed by atoms with Crippen molar-refractivity contribution in [2.24, 2.45) is 11.0 Å². The first-order chi connectivity index (χ1) is 12.8. The first kappa shape index (κ1) is 20.6. The highest BCUT2D eigenvalue weighted by Gasteiger charge is 2.19. The second-order valence-electron chi connectivity index (χ2n) is 7.33. The van der Waals surface area contributed by atoms with Crippen LogP contribution in [0.1, 0.15) is 50.7 Å². The van der Waals surface area contributed by atoms with Crippen molar-refractivity contribution in [3.8, 4) is 0 Å². The largest absolute Gasteiger partial charge is 0.326 e. The first-order valence-corrected chi connectivity index (χ1v) is 9.31. The summed E-state index contributed by atoms with van der Waals surface area (Å²) in [5, 5.41) is 7.12. The lowest BCUT2D eigenvalue weighted by Crippen LogP contribution is -2.24. The van der Waals surface area contributed by atoms with Crippen molar-refractivity contribution >= 4 is 23.2 Å². The number of carbonyl (C=O) groups is 2. The third-order valence-electron chi connectivity index (χ3n) is 4.86. The lowest BCUT2D eigenvalue weighted by Gasteiger charge is -2.22. The zero-order valence-electron chi connectivity index (χ0n) is 16.7. The Morgan fingerprint density at radius 3 is 2.59 bits per heavy atom. The maximum atomic E-state index is 12.1. The zero-order valence-corrected chi connectivity index (χ0v) is 16.7. The number of anilines is 1. The molecule has 0 aromatic heterocycles. The van der Waals surface area contributed by atoms with Crippen molar-refractivity contribution in [1.82, 2.24) is 5.43 Å². The van der Waals surface area contributed by atoms with Gasteiger partial charge in [0, 0.05) is 18.5 Å². The molecule has 5 heteroatoms. The van der Waals surface area contributed by atoms with Crippen LogP contribution in [0, 0.1) is 19.8 Å². The van der Waals surface area contributed by atoms with E-state index in [1.165, 1.54) is 0 Å². The van der Waals surface area contributed by atoms with Crippen LogP contribution in [0.5, 0.6) is 0 Å². The van der Waals surface area contributed by atoms with Crippen LogP contribution in [-0.2, 0) is 9.59 Å². The van der Waals surface area contributed by atoms with Crippen LogP contribution >= 0.6 is 0 Å². The molecule has 0 bridgehead atoms. The first-order valence-electron chi connectivity index (χ1n) is 9.31. The molecule has 0 spiro atoms. The maximum absolute atomic E-state index is 12.1. The summed E-state index contributed by atoms with van der Waals surface area (Å²) in [6.45, 7) is 11.9. The van der Waals surface area contributed by atoms with Gasteiger partial charge in [0.1, 0.15) is 0 Å². The number of nitrogens with zero attached hydrogens (tertiary/aromatic N) is 1. The molecule has 0 unspecified atom stereocenters. The van der Waals surface area contributed by atoms with E-state index in [-0.39, 0.29) is 24.7 Å². The van der Waals surface area contributed by atoms with Gasteiger partial charge in [-0.25, -0.2) is 5.43 Å². The summed E-state index contributed by atoms with van der Waals surface area (Å²) in [6.07, 6.45) is 4.09. The Kier molecular flexibility index (Phi) is 7.11. The average molecular weight is 367 g/mol. The Hall–Kier alpha value is -2.69. The molecule has 27 heavy (non-hydrogen) atoms. The van der Waals surface area contributed by atoms with E-state index in [4.69, 9.17) is 0 Å². The van der Waals surface area contributed by atoms with Crippen LogP contribution in [0.2, 0.25) is 0 Å². The number of nitrogens with one attached hydrogen (secondary N) is 2. The summed E-state index contributed by atoms with van der Waals surface area (Å²) in [6, 6.07) is 5.89. The van der Waals surface area contributed by atoms with Gasteiger partial charge in [-0.1, -0.05) is 30.4 Å². The molecule has 2 amide bonds. The van der Waals surface area contributed by atoms with Crippen LogP contribution in [0.15, 0.2) is 47.1 Å². The van der Waals surface area contributed by atoms with E-state index in [1.54, 1.807) is 0 Å². The molecule has 0 saturated heterocycles. The summed E-state index contributed by atoms with van der Waals surface area (Å²) < 4.78 is 0. The molecule has 1 aliphatic carbocycles. The number of hydrogen-bond acceptors (Lipinski definition) is 3. The smallest absolute Gasteiger partial charge is 0.240 e. The van der Waals surface area contributed by atoms with E-state index < -0.39 is 0 Å². The Balaban J connectivity index is 1.84. The van der Waals surface area contributed by atoms with Crippen LogP contribution in [0.4, 0.5) is 5.69 Å². The van der Waals surface area contributed by atoms with Gasteiger partial charge in [0.25, 0.3) is 0 Å². The average Bonchev–Trinajstić information content (AvgIpc) is 2.62. The number of amides is 2. The second-order valence-corrected chi connectivity index (χ2v) is 7.33. The standard InChI is InChI=1S/C22H29N3O2/c1-14(2)18-9-8-17(5)20(13-18)24-25-22(27)11-10-21(26)23-19-12-15(3)6-7-16(19)4/h6-8,12,18H,1,9-11,13H2,2-5H3,(H,23,26)(H,25,27)/b24-20-/t18-/m0/s1. The molecule has 5 nitrogen and oxygen atoms in total. The minimum absolute atomic E-state index is 0.0974. The van der Waals surface area contributed by atoms with Gasteiger partial charge in [0.2, 0.25) is 11.8 Å². The summed E-state index contributed by atoms with van der Waals surface area (Å²) in [5.41, 5.74) is 8.53. The Bertz CT molecular complexity index is 806. The van der Waals surface area contributed by atoms with Crippen molar-refractivity contribution in [2.75, 3.05) is 5.32 Å². The fraction of sp³-hybridized carbons (Fsp3) is 0.409. The predicted octanol–water partition coefficient (Wildman–Crippen LogP) is 4.43. The van der Waals surface area contributed by atoms with Gasteiger partial charge in [0.05, 0.1) is 5.71 Å². The number of benzene rings is 1. The summed E-state index contributed by atoms with van der Waals surface area (Å²) >= 11 is 0. The number of rotatable bonds is 6. The molecule has 2 rings (SSSR count). The molecule has 0 saturated carbocycles. The molecule has 1 aliphatic rings. The molecule has 1 aromatic carbocycles. The fourth-order valence-electron chi connectivity index (χ4n) is 2.92. The predicted molar refractivity (Wildman–Crippen MR) is 111 cm³/mol.